The average molecular weight is 427 g/mol. The lowest BCUT2D eigenvalue weighted by Crippen LogP contribution is -2.29. The van der Waals surface area contributed by atoms with Crippen LogP contribution in [0.3, 0.4) is 0 Å². The molecule has 0 saturated carbocycles. The Morgan fingerprint density at radius 1 is 1.00 bits per heavy atom. The fourth-order valence-corrected chi connectivity index (χ4v) is 4.47. The van der Waals surface area contributed by atoms with Crippen molar-refractivity contribution in [3.05, 3.63) is 76.9 Å². The van der Waals surface area contributed by atoms with E-state index in [1.165, 1.54) is 29.0 Å². The van der Waals surface area contributed by atoms with Crippen LogP contribution in [0.4, 0.5) is 5.69 Å². The Balaban J connectivity index is 1.67. The van der Waals surface area contributed by atoms with Gasteiger partial charge in [-0.2, -0.15) is 0 Å². The molecule has 5 nitrogen and oxygen atoms in total. The van der Waals surface area contributed by atoms with Crippen molar-refractivity contribution in [2.45, 2.75) is 45.6 Å². The molecule has 30 heavy (non-hydrogen) atoms. The lowest BCUT2D eigenvalue weighted by atomic mass is 9.99. The minimum atomic E-state index is -3.44. The van der Waals surface area contributed by atoms with E-state index in [9.17, 15) is 13.2 Å². The van der Waals surface area contributed by atoms with Crippen LogP contribution >= 0.6 is 0 Å². The molecule has 0 saturated heterocycles. The standard InChI is InChI=1S/C24H30N2O3S/c1-3-19-11-15-23(16-12-19)26(30(2,28)29)18-21-9-13-22(14-10-21)24(27)25-17-20-7-5-4-6-8-20/h7,9-16H,3-6,8,17-18H2,1-2H3,(H,25,27). The van der Waals surface area contributed by atoms with Crippen LogP contribution in [0.15, 0.2) is 60.2 Å². The van der Waals surface area contributed by atoms with Crippen molar-refractivity contribution in [1.82, 2.24) is 5.32 Å². The smallest absolute Gasteiger partial charge is 0.251 e. The van der Waals surface area contributed by atoms with Crippen molar-refractivity contribution in [3.8, 4) is 0 Å². The van der Waals surface area contributed by atoms with Crippen LogP contribution < -0.4 is 9.62 Å². The van der Waals surface area contributed by atoms with Gasteiger partial charge < -0.3 is 5.32 Å². The van der Waals surface area contributed by atoms with Crippen molar-refractivity contribution in [2.24, 2.45) is 0 Å². The zero-order valence-corrected chi connectivity index (χ0v) is 18.5. The molecule has 0 aromatic heterocycles. The SMILES string of the molecule is CCc1ccc(N(Cc2ccc(C(=O)NCC3=CCCCC3)cc2)S(C)(=O)=O)cc1. The van der Waals surface area contributed by atoms with Gasteiger partial charge >= 0.3 is 0 Å². The van der Waals surface area contributed by atoms with Gasteiger partial charge in [-0.05, 0) is 67.5 Å². The van der Waals surface area contributed by atoms with Gasteiger partial charge in [0.25, 0.3) is 5.91 Å². The Kier molecular flexibility index (Phi) is 7.32. The summed E-state index contributed by atoms with van der Waals surface area (Å²) in [7, 11) is -3.44. The number of anilines is 1. The van der Waals surface area contributed by atoms with Gasteiger partial charge in [-0.25, -0.2) is 8.42 Å². The monoisotopic (exact) mass is 426 g/mol. The van der Waals surface area contributed by atoms with E-state index in [1.54, 1.807) is 12.1 Å². The summed E-state index contributed by atoms with van der Waals surface area (Å²) in [5.74, 6) is -0.108. The molecule has 0 bridgehead atoms. The zero-order valence-electron chi connectivity index (χ0n) is 17.7. The van der Waals surface area contributed by atoms with Crippen LogP contribution in [0.1, 0.15) is 54.1 Å². The Hall–Kier alpha value is -2.60. The van der Waals surface area contributed by atoms with Gasteiger partial charge in [-0.15, -0.1) is 0 Å². The third-order valence-corrected chi connectivity index (χ3v) is 6.58. The highest BCUT2D eigenvalue weighted by atomic mass is 32.2. The largest absolute Gasteiger partial charge is 0.348 e. The van der Waals surface area contributed by atoms with E-state index in [4.69, 9.17) is 0 Å². The number of hydrogen-bond donors (Lipinski definition) is 1. The maximum Gasteiger partial charge on any atom is 0.251 e. The van der Waals surface area contributed by atoms with Crippen molar-refractivity contribution in [3.63, 3.8) is 0 Å². The summed E-state index contributed by atoms with van der Waals surface area (Å²) in [6.07, 6.45) is 8.90. The third-order valence-electron chi connectivity index (χ3n) is 5.44. The fraction of sp³-hybridized carbons (Fsp3) is 0.375. The summed E-state index contributed by atoms with van der Waals surface area (Å²) >= 11 is 0. The van der Waals surface area contributed by atoms with E-state index >= 15 is 0 Å². The third kappa shape index (κ3) is 5.95. The lowest BCUT2D eigenvalue weighted by Gasteiger charge is -2.23. The van der Waals surface area contributed by atoms with Crippen LogP contribution in [0.5, 0.6) is 0 Å². The summed E-state index contributed by atoms with van der Waals surface area (Å²) in [4.78, 5) is 12.4. The number of aryl methyl sites for hydroxylation is 1. The first kappa shape index (κ1) is 22.1. The molecule has 0 radical (unpaired) electrons. The number of hydrogen-bond acceptors (Lipinski definition) is 3. The molecule has 0 fully saturated rings. The first-order valence-electron chi connectivity index (χ1n) is 10.5. The second-order valence-electron chi connectivity index (χ2n) is 7.78. The normalized spacial score (nSPS) is 14.1. The first-order chi connectivity index (χ1) is 14.4. The van der Waals surface area contributed by atoms with Crippen LogP contribution in [-0.2, 0) is 23.0 Å². The Morgan fingerprint density at radius 3 is 2.23 bits per heavy atom. The first-order valence-corrected chi connectivity index (χ1v) is 12.3. The van der Waals surface area contributed by atoms with E-state index in [1.807, 2.05) is 36.4 Å². The molecule has 1 amide bonds. The van der Waals surface area contributed by atoms with Crippen LogP contribution in [-0.4, -0.2) is 27.1 Å². The molecule has 3 rings (SSSR count). The summed E-state index contributed by atoms with van der Waals surface area (Å²) in [6, 6.07) is 14.7. The molecular weight excluding hydrogens is 396 g/mol. The van der Waals surface area contributed by atoms with Gasteiger partial charge in [0.15, 0.2) is 0 Å². The zero-order chi connectivity index (χ0) is 21.6. The lowest BCUT2D eigenvalue weighted by molar-refractivity contribution is 0.0956. The molecule has 1 N–H and O–H groups in total. The number of carbonyl (C=O) groups excluding carboxylic acids is 1. The maximum atomic E-state index is 12.4. The topological polar surface area (TPSA) is 66.5 Å². The molecular formula is C24H30N2O3S. The molecule has 0 heterocycles. The fourth-order valence-electron chi connectivity index (χ4n) is 3.59. The number of allylic oxidation sites excluding steroid dienone is 1. The van der Waals surface area contributed by atoms with Gasteiger partial charge in [0, 0.05) is 12.1 Å². The second-order valence-corrected chi connectivity index (χ2v) is 9.68. The van der Waals surface area contributed by atoms with Crippen LogP contribution in [0, 0.1) is 0 Å². The van der Waals surface area contributed by atoms with Crippen molar-refractivity contribution >= 4 is 21.6 Å². The van der Waals surface area contributed by atoms with Gasteiger partial charge in [0.2, 0.25) is 10.0 Å². The summed E-state index contributed by atoms with van der Waals surface area (Å²) in [6.45, 7) is 2.88. The van der Waals surface area contributed by atoms with E-state index in [0.29, 0.717) is 17.8 Å². The molecule has 0 spiro atoms. The molecule has 0 atom stereocenters. The van der Waals surface area contributed by atoms with Gasteiger partial charge in [-0.3, -0.25) is 9.10 Å². The Labute approximate surface area is 179 Å². The Bertz CT molecular complexity index is 994. The highest BCUT2D eigenvalue weighted by Crippen LogP contribution is 2.22. The van der Waals surface area contributed by atoms with E-state index in [0.717, 1.165) is 30.4 Å². The average Bonchev–Trinajstić information content (AvgIpc) is 2.76. The van der Waals surface area contributed by atoms with Crippen molar-refractivity contribution in [1.29, 1.82) is 0 Å². The van der Waals surface area contributed by atoms with E-state index < -0.39 is 10.0 Å². The minimum Gasteiger partial charge on any atom is -0.348 e. The molecule has 6 heteroatoms. The second kappa shape index (κ2) is 9.94. The predicted octanol–water partition coefficient (Wildman–Crippen LogP) is 4.45. The minimum absolute atomic E-state index is 0.108. The molecule has 0 aliphatic heterocycles. The van der Waals surface area contributed by atoms with Crippen molar-refractivity contribution < 1.29 is 13.2 Å². The molecule has 2 aromatic rings. The van der Waals surface area contributed by atoms with E-state index in [-0.39, 0.29) is 12.5 Å². The number of sulfonamides is 1. The highest BCUT2D eigenvalue weighted by Gasteiger charge is 2.18. The molecule has 2 aromatic carbocycles. The number of amides is 1. The summed E-state index contributed by atoms with van der Waals surface area (Å²) in [5, 5.41) is 2.98. The molecule has 1 aliphatic carbocycles. The van der Waals surface area contributed by atoms with E-state index in [2.05, 4.69) is 18.3 Å². The maximum absolute atomic E-state index is 12.4. The number of benzene rings is 2. The number of nitrogens with one attached hydrogen (secondary N) is 1. The Morgan fingerprint density at radius 2 is 1.67 bits per heavy atom. The predicted molar refractivity (Wildman–Crippen MR) is 122 cm³/mol. The quantitative estimate of drug-likeness (QED) is 0.635. The summed E-state index contributed by atoms with van der Waals surface area (Å²) < 4.78 is 26.1. The number of rotatable bonds is 8. The molecule has 1 aliphatic rings. The van der Waals surface area contributed by atoms with Gasteiger partial charge in [0.1, 0.15) is 0 Å². The van der Waals surface area contributed by atoms with Crippen molar-refractivity contribution in [2.75, 3.05) is 17.1 Å². The highest BCUT2D eigenvalue weighted by molar-refractivity contribution is 7.92. The molecule has 0 unspecified atom stereocenters. The number of carbonyl (C=O) groups is 1. The van der Waals surface area contributed by atoms with Gasteiger partial charge in [-0.1, -0.05) is 42.8 Å². The van der Waals surface area contributed by atoms with Crippen LogP contribution in [0.2, 0.25) is 0 Å². The summed E-state index contributed by atoms with van der Waals surface area (Å²) in [5.41, 5.74) is 4.49. The van der Waals surface area contributed by atoms with Crippen LogP contribution in [0.25, 0.3) is 0 Å². The molecule has 160 valence electrons. The number of nitrogens with zero attached hydrogens (tertiary/aromatic N) is 1. The van der Waals surface area contributed by atoms with Gasteiger partial charge in [0.05, 0.1) is 18.5 Å².